The Hall–Kier alpha value is -0.870. The highest BCUT2D eigenvalue weighted by Gasteiger charge is 2.14. The molecule has 0 aliphatic rings. The van der Waals surface area contributed by atoms with E-state index in [4.69, 9.17) is 4.74 Å². The van der Waals surface area contributed by atoms with Gasteiger partial charge in [-0.2, -0.15) is 11.3 Å². The van der Waals surface area contributed by atoms with Crippen LogP contribution in [0.3, 0.4) is 0 Å². The van der Waals surface area contributed by atoms with Crippen molar-refractivity contribution in [3.05, 3.63) is 52.0 Å². The fourth-order valence-corrected chi connectivity index (χ4v) is 3.04. The van der Waals surface area contributed by atoms with E-state index >= 15 is 0 Å². The number of methoxy groups -OCH3 is 1. The van der Waals surface area contributed by atoms with Crippen LogP contribution in [0.1, 0.15) is 16.0 Å². The van der Waals surface area contributed by atoms with E-state index in [9.17, 15) is 4.39 Å². The van der Waals surface area contributed by atoms with Gasteiger partial charge in [0, 0.05) is 16.5 Å². The molecule has 4 heteroatoms. The molecule has 1 atom stereocenters. The summed E-state index contributed by atoms with van der Waals surface area (Å²) in [6.45, 7) is 0. The number of alkyl halides is 1. The van der Waals surface area contributed by atoms with Crippen molar-refractivity contribution in [2.45, 2.75) is 11.2 Å². The quantitative estimate of drug-likeness (QED) is 0.751. The monoisotopic (exact) mass is 314 g/mol. The first-order valence-electron chi connectivity index (χ1n) is 5.19. The molecule has 1 aromatic heterocycles. The van der Waals surface area contributed by atoms with Crippen LogP contribution in [0, 0.1) is 5.82 Å². The molecule has 0 radical (unpaired) electrons. The van der Waals surface area contributed by atoms with E-state index < -0.39 is 0 Å². The predicted molar refractivity (Wildman–Crippen MR) is 72.6 cm³/mol. The van der Waals surface area contributed by atoms with Crippen LogP contribution in [-0.4, -0.2) is 7.11 Å². The van der Waals surface area contributed by atoms with Crippen LogP contribution in [0.15, 0.2) is 35.0 Å². The molecule has 17 heavy (non-hydrogen) atoms. The van der Waals surface area contributed by atoms with Crippen LogP contribution in [0.5, 0.6) is 5.75 Å². The Kier molecular flexibility index (Phi) is 4.18. The minimum Gasteiger partial charge on any atom is -0.497 e. The number of hydrogen-bond donors (Lipinski definition) is 0. The number of benzene rings is 1. The van der Waals surface area contributed by atoms with Gasteiger partial charge in [0.1, 0.15) is 11.6 Å². The van der Waals surface area contributed by atoms with Gasteiger partial charge >= 0.3 is 0 Å². The smallest absolute Gasteiger partial charge is 0.131 e. The number of halogens is 2. The zero-order valence-electron chi connectivity index (χ0n) is 9.32. The van der Waals surface area contributed by atoms with Gasteiger partial charge in [-0.25, -0.2) is 4.39 Å². The van der Waals surface area contributed by atoms with E-state index in [-0.39, 0.29) is 10.6 Å². The Morgan fingerprint density at radius 2 is 2.24 bits per heavy atom. The maximum Gasteiger partial charge on any atom is 0.131 e. The van der Waals surface area contributed by atoms with E-state index in [1.165, 1.54) is 18.7 Å². The molecule has 0 saturated heterocycles. The summed E-state index contributed by atoms with van der Waals surface area (Å²) in [5.74, 6) is 0.308. The van der Waals surface area contributed by atoms with Crippen molar-refractivity contribution in [3.63, 3.8) is 0 Å². The summed E-state index contributed by atoms with van der Waals surface area (Å²) in [5, 5.41) is 4.11. The largest absolute Gasteiger partial charge is 0.497 e. The second-order valence-corrected chi connectivity index (χ2v) is 5.58. The average molecular weight is 315 g/mol. The van der Waals surface area contributed by atoms with Crippen molar-refractivity contribution in [3.8, 4) is 5.75 Å². The molecule has 1 unspecified atom stereocenters. The van der Waals surface area contributed by atoms with E-state index in [1.807, 2.05) is 5.38 Å². The number of ether oxygens (including phenoxy) is 1. The minimum atomic E-state index is -0.235. The van der Waals surface area contributed by atoms with Crippen molar-refractivity contribution in [1.29, 1.82) is 0 Å². The summed E-state index contributed by atoms with van der Waals surface area (Å²) >= 11 is 5.18. The second kappa shape index (κ2) is 5.65. The van der Waals surface area contributed by atoms with Crippen molar-refractivity contribution in [2.75, 3.05) is 7.11 Å². The molecule has 0 aliphatic heterocycles. The molecule has 90 valence electrons. The summed E-state index contributed by atoms with van der Waals surface area (Å²) in [4.78, 5) is -0.0111. The van der Waals surface area contributed by atoms with Crippen LogP contribution < -0.4 is 4.74 Å². The predicted octanol–water partition coefficient (Wildman–Crippen LogP) is 4.57. The third kappa shape index (κ3) is 3.07. The van der Waals surface area contributed by atoms with Gasteiger partial charge < -0.3 is 4.74 Å². The summed E-state index contributed by atoms with van der Waals surface area (Å²) in [6.07, 6.45) is 0.784. The Morgan fingerprint density at radius 1 is 1.41 bits per heavy atom. The molecule has 0 spiro atoms. The van der Waals surface area contributed by atoms with Crippen molar-refractivity contribution < 1.29 is 9.13 Å². The fraction of sp³-hybridized carbons (Fsp3) is 0.231. The molecule has 0 fully saturated rings. The molecular formula is C13H12BrFOS. The van der Waals surface area contributed by atoms with Gasteiger partial charge in [-0.1, -0.05) is 22.0 Å². The molecule has 2 rings (SSSR count). The summed E-state index contributed by atoms with van der Waals surface area (Å²) in [7, 11) is 1.53. The van der Waals surface area contributed by atoms with Gasteiger partial charge in [0.2, 0.25) is 0 Å². The SMILES string of the molecule is COc1ccc(C(Br)Cc2ccsc2)c(F)c1. The fourth-order valence-electron chi connectivity index (χ4n) is 1.61. The lowest BCUT2D eigenvalue weighted by molar-refractivity contribution is 0.410. The van der Waals surface area contributed by atoms with Gasteiger partial charge in [0.05, 0.1) is 7.11 Å². The molecule has 1 nitrogen and oxygen atoms in total. The highest BCUT2D eigenvalue weighted by atomic mass is 79.9. The first-order valence-corrected chi connectivity index (χ1v) is 7.05. The van der Waals surface area contributed by atoms with Gasteiger partial charge in [-0.15, -0.1) is 0 Å². The summed E-state index contributed by atoms with van der Waals surface area (Å²) in [6, 6.07) is 7.01. The van der Waals surface area contributed by atoms with Gasteiger partial charge in [-0.3, -0.25) is 0 Å². The maximum absolute atomic E-state index is 13.8. The zero-order chi connectivity index (χ0) is 12.3. The van der Waals surface area contributed by atoms with E-state index in [0.717, 1.165) is 6.42 Å². The molecule has 2 aromatic rings. The first-order chi connectivity index (χ1) is 8.20. The summed E-state index contributed by atoms with van der Waals surface area (Å²) < 4.78 is 18.8. The zero-order valence-corrected chi connectivity index (χ0v) is 11.7. The molecule has 1 aromatic carbocycles. The molecule has 0 amide bonds. The Balaban J connectivity index is 2.16. The molecule has 0 saturated carbocycles. The first kappa shape index (κ1) is 12.6. The standard InChI is InChI=1S/C13H12BrFOS/c1-16-10-2-3-11(13(15)7-10)12(14)6-9-4-5-17-8-9/h2-5,7-8,12H,6H2,1H3. The highest BCUT2D eigenvalue weighted by Crippen LogP contribution is 2.31. The van der Waals surface area contributed by atoms with Crippen LogP contribution >= 0.6 is 27.3 Å². The van der Waals surface area contributed by atoms with Crippen LogP contribution in [0.25, 0.3) is 0 Å². The van der Waals surface area contributed by atoms with Crippen molar-refractivity contribution in [1.82, 2.24) is 0 Å². The lowest BCUT2D eigenvalue weighted by atomic mass is 10.1. The summed E-state index contributed by atoms with van der Waals surface area (Å²) in [5.41, 5.74) is 1.88. The lowest BCUT2D eigenvalue weighted by Crippen LogP contribution is -1.98. The lowest BCUT2D eigenvalue weighted by Gasteiger charge is -2.11. The molecule has 0 bridgehead atoms. The normalized spacial score (nSPS) is 12.4. The third-order valence-electron chi connectivity index (χ3n) is 2.54. The Morgan fingerprint density at radius 3 is 2.82 bits per heavy atom. The number of thiophene rings is 1. The van der Waals surface area contributed by atoms with Crippen LogP contribution in [-0.2, 0) is 6.42 Å². The van der Waals surface area contributed by atoms with E-state index in [1.54, 1.807) is 23.5 Å². The minimum absolute atomic E-state index is 0.0111. The number of hydrogen-bond acceptors (Lipinski definition) is 2. The maximum atomic E-state index is 13.8. The number of rotatable bonds is 4. The third-order valence-corrected chi connectivity index (χ3v) is 4.09. The van der Waals surface area contributed by atoms with E-state index in [0.29, 0.717) is 11.3 Å². The molecular weight excluding hydrogens is 303 g/mol. The van der Waals surface area contributed by atoms with Gasteiger partial charge in [0.15, 0.2) is 0 Å². The average Bonchev–Trinajstić information content (AvgIpc) is 2.81. The van der Waals surface area contributed by atoms with Crippen molar-refractivity contribution in [2.24, 2.45) is 0 Å². The Bertz CT molecular complexity index is 484. The molecule has 1 heterocycles. The van der Waals surface area contributed by atoms with Crippen LogP contribution in [0.4, 0.5) is 4.39 Å². The highest BCUT2D eigenvalue weighted by molar-refractivity contribution is 9.09. The van der Waals surface area contributed by atoms with E-state index in [2.05, 4.69) is 27.4 Å². The second-order valence-electron chi connectivity index (χ2n) is 3.69. The van der Waals surface area contributed by atoms with Crippen LogP contribution in [0.2, 0.25) is 0 Å². The van der Waals surface area contributed by atoms with Gasteiger partial charge in [0.25, 0.3) is 0 Å². The van der Waals surface area contributed by atoms with Gasteiger partial charge in [-0.05, 0) is 34.9 Å². The molecule has 0 N–H and O–H groups in total. The topological polar surface area (TPSA) is 9.23 Å². The molecule has 0 aliphatic carbocycles. The Labute approximate surface area is 112 Å². The van der Waals surface area contributed by atoms with Crippen molar-refractivity contribution >= 4 is 27.3 Å².